The van der Waals surface area contributed by atoms with E-state index in [0.29, 0.717) is 18.0 Å². The lowest BCUT2D eigenvalue weighted by Crippen LogP contribution is -2.00. The van der Waals surface area contributed by atoms with E-state index in [1.165, 1.54) is 6.33 Å². The molecular weight excluding hydrogens is 250 g/mol. The SMILES string of the molecule is Nc1ncnc2nn(Cc3ccccc3Cl)cc12. The highest BCUT2D eigenvalue weighted by molar-refractivity contribution is 6.31. The molecule has 3 rings (SSSR count). The van der Waals surface area contributed by atoms with Gasteiger partial charge in [-0.3, -0.25) is 4.68 Å². The topological polar surface area (TPSA) is 69.6 Å². The number of rotatable bonds is 2. The number of nitrogens with two attached hydrogens (primary N) is 1. The number of aromatic nitrogens is 4. The fourth-order valence-corrected chi connectivity index (χ4v) is 1.98. The molecule has 0 atom stereocenters. The Morgan fingerprint density at radius 3 is 2.83 bits per heavy atom. The van der Waals surface area contributed by atoms with Crippen LogP contribution in [0.15, 0.2) is 36.8 Å². The van der Waals surface area contributed by atoms with Crippen molar-refractivity contribution < 1.29 is 0 Å². The van der Waals surface area contributed by atoms with Crippen molar-refractivity contribution in [3.8, 4) is 0 Å². The summed E-state index contributed by atoms with van der Waals surface area (Å²) in [4.78, 5) is 8.00. The summed E-state index contributed by atoms with van der Waals surface area (Å²) >= 11 is 6.11. The van der Waals surface area contributed by atoms with Gasteiger partial charge in [-0.2, -0.15) is 5.10 Å². The lowest BCUT2D eigenvalue weighted by molar-refractivity contribution is 0.693. The van der Waals surface area contributed by atoms with E-state index < -0.39 is 0 Å². The smallest absolute Gasteiger partial charge is 0.186 e. The summed E-state index contributed by atoms with van der Waals surface area (Å²) in [5.74, 6) is 0.436. The number of benzene rings is 1. The zero-order valence-corrected chi connectivity index (χ0v) is 10.2. The van der Waals surface area contributed by atoms with Gasteiger partial charge in [0.2, 0.25) is 0 Å². The summed E-state index contributed by atoms with van der Waals surface area (Å²) in [7, 11) is 0. The average Bonchev–Trinajstić information content (AvgIpc) is 2.76. The Morgan fingerprint density at radius 2 is 2.06 bits per heavy atom. The molecule has 0 saturated heterocycles. The first-order valence-corrected chi connectivity index (χ1v) is 5.79. The second kappa shape index (κ2) is 4.27. The zero-order valence-electron chi connectivity index (χ0n) is 9.42. The number of fused-ring (bicyclic) bond motifs is 1. The van der Waals surface area contributed by atoms with Gasteiger partial charge in [-0.15, -0.1) is 0 Å². The number of hydrogen-bond acceptors (Lipinski definition) is 4. The molecule has 0 bridgehead atoms. The molecule has 0 fully saturated rings. The number of halogens is 1. The van der Waals surface area contributed by atoms with Gasteiger partial charge < -0.3 is 5.73 Å². The van der Waals surface area contributed by atoms with Gasteiger partial charge in [0.05, 0.1) is 11.9 Å². The predicted octanol–water partition coefficient (Wildman–Crippen LogP) is 2.11. The maximum absolute atomic E-state index is 6.11. The third-order valence-electron chi connectivity index (χ3n) is 2.69. The first-order chi connectivity index (χ1) is 8.74. The molecule has 2 heterocycles. The molecule has 0 saturated carbocycles. The van der Waals surface area contributed by atoms with Crippen LogP contribution in [0.2, 0.25) is 5.02 Å². The summed E-state index contributed by atoms with van der Waals surface area (Å²) in [5.41, 5.74) is 7.35. The lowest BCUT2D eigenvalue weighted by atomic mass is 10.2. The standard InChI is InChI=1S/C12H10ClN5/c13-10-4-2-1-3-8(10)5-18-6-9-11(14)15-7-16-12(9)17-18/h1-4,6-7H,5H2,(H2,14,15,16,17). The van der Waals surface area contributed by atoms with Gasteiger partial charge in [0.25, 0.3) is 0 Å². The molecule has 0 unspecified atom stereocenters. The van der Waals surface area contributed by atoms with Crippen LogP contribution in [-0.2, 0) is 6.54 Å². The molecule has 0 amide bonds. The molecule has 0 aliphatic carbocycles. The Morgan fingerprint density at radius 1 is 1.22 bits per heavy atom. The Bertz CT molecular complexity index is 707. The van der Waals surface area contributed by atoms with E-state index in [-0.39, 0.29) is 0 Å². The molecule has 0 aliphatic heterocycles. The summed E-state index contributed by atoms with van der Waals surface area (Å²) < 4.78 is 1.76. The summed E-state index contributed by atoms with van der Waals surface area (Å²) in [5, 5.41) is 5.81. The van der Waals surface area contributed by atoms with Crippen LogP contribution in [0.25, 0.3) is 11.0 Å². The molecule has 3 aromatic rings. The van der Waals surface area contributed by atoms with Crippen LogP contribution in [-0.4, -0.2) is 19.7 Å². The van der Waals surface area contributed by atoms with Crippen molar-refractivity contribution in [3.05, 3.63) is 47.4 Å². The normalized spacial score (nSPS) is 10.9. The number of nitrogen functional groups attached to an aromatic ring is 1. The number of nitrogens with zero attached hydrogens (tertiary/aromatic N) is 4. The third-order valence-corrected chi connectivity index (χ3v) is 3.05. The molecule has 0 spiro atoms. The first-order valence-electron chi connectivity index (χ1n) is 5.41. The van der Waals surface area contributed by atoms with Gasteiger partial charge in [-0.1, -0.05) is 29.8 Å². The van der Waals surface area contributed by atoms with Crippen LogP contribution in [0.1, 0.15) is 5.56 Å². The van der Waals surface area contributed by atoms with Crippen LogP contribution in [0.5, 0.6) is 0 Å². The summed E-state index contributed by atoms with van der Waals surface area (Å²) in [6.07, 6.45) is 3.23. The van der Waals surface area contributed by atoms with Crippen LogP contribution in [0, 0.1) is 0 Å². The lowest BCUT2D eigenvalue weighted by Gasteiger charge is -2.03. The zero-order chi connectivity index (χ0) is 12.5. The Kier molecular flexibility index (Phi) is 2.60. The van der Waals surface area contributed by atoms with E-state index >= 15 is 0 Å². The van der Waals surface area contributed by atoms with Gasteiger partial charge in [0, 0.05) is 11.2 Å². The summed E-state index contributed by atoms with van der Waals surface area (Å²) in [6.45, 7) is 0.579. The Hall–Kier alpha value is -2.14. The molecule has 90 valence electrons. The van der Waals surface area contributed by atoms with Crippen molar-refractivity contribution >= 4 is 28.5 Å². The maximum atomic E-state index is 6.11. The number of hydrogen-bond donors (Lipinski definition) is 1. The van der Waals surface area contributed by atoms with Crippen molar-refractivity contribution in [2.45, 2.75) is 6.54 Å². The van der Waals surface area contributed by atoms with Crippen LogP contribution < -0.4 is 5.73 Å². The van der Waals surface area contributed by atoms with Gasteiger partial charge >= 0.3 is 0 Å². The highest BCUT2D eigenvalue weighted by Gasteiger charge is 2.07. The summed E-state index contributed by atoms with van der Waals surface area (Å²) in [6, 6.07) is 7.66. The molecule has 1 aromatic carbocycles. The second-order valence-electron chi connectivity index (χ2n) is 3.91. The minimum absolute atomic E-state index is 0.436. The minimum atomic E-state index is 0.436. The van der Waals surface area contributed by atoms with E-state index in [9.17, 15) is 0 Å². The highest BCUT2D eigenvalue weighted by atomic mass is 35.5. The van der Waals surface area contributed by atoms with Crippen molar-refractivity contribution in [3.63, 3.8) is 0 Å². The van der Waals surface area contributed by atoms with E-state index in [1.807, 2.05) is 30.5 Å². The molecule has 2 N–H and O–H groups in total. The molecule has 6 heteroatoms. The van der Waals surface area contributed by atoms with Crippen LogP contribution in [0.4, 0.5) is 5.82 Å². The van der Waals surface area contributed by atoms with Gasteiger partial charge in [-0.25, -0.2) is 9.97 Å². The molecule has 18 heavy (non-hydrogen) atoms. The fourth-order valence-electron chi connectivity index (χ4n) is 1.78. The Balaban J connectivity index is 2.01. The Labute approximate surface area is 108 Å². The van der Waals surface area contributed by atoms with Crippen LogP contribution in [0.3, 0.4) is 0 Å². The molecular formula is C12H10ClN5. The molecule has 0 radical (unpaired) electrons. The van der Waals surface area contributed by atoms with E-state index in [4.69, 9.17) is 17.3 Å². The van der Waals surface area contributed by atoms with Gasteiger partial charge in [0.1, 0.15) is 12.1 Å². The van der Waals surface area contributed by atoms with E-state index in [2.05, 4.69) is 15.1 Å². The van der Waals surface area contributed by atoms with Crippen molar-refractivity contribution in [1.29, 1.82) is 0 Å². The highest BCUT2D eigenvalue weighted by Crippen LogP contribution is 2.18. The number of anilines is 1. The first kappa shape index (κ1) is 11.0. The quantitative estimate of drug-likeness (QED) is 0.765. The second-order valence-corrected chi connectivity index (χ2v) is 4.32. The van der Waals surface area contributed by atoms with Gasteiger partial charge in [-0.05, 0) is 11.6 Å². The average molecular weight is 260 g/mol. The molecule has 0 aliphatic rings. The van der Waals surface area contributed by atoms with Crippen molar-refractivity contribution in [2.75, 3.05) is 5.73 Å². The van der Waals surface area contributed by atoms with E-state index in [0.717, 1.165) is 16.0 Å². The minimum Gasteiger partial charge on any atom is -0.383 e. The third kappa shape index (κ3) is 1.89. The van der Waals surface area contributed by atoms with Crippen molar-refractivity contribution in [2.24, 2.45) is 0 Å². The van der Waals surface area contributed by atoms with Gasteiger partial charge in [0.15, 0.2) is 5.65 Å². The molecule has 5 nitrogen and oxygen atoms in total. The maximum Gasteiger partial charge on any atom is 0.186 e. The fraction of sp³-hybridized carbons (Fsp3) is 0.0833. The van der Waals surface area contributed by atoms with Crippen LogP contribution >= 0.6 is 11.6 Å². The monoisotopic (exact) mass is 259 g/mol. The largest absolute Gasteiger partial charge is 0.383 e. The predicted molar refractivity (Wildman–Crippen MR) is 70.3 cm³/mol. The van der Waals surface area contributed by atoms with Crippen molar-refractivity contribution in [1.82, 2.24) is 19.7 Å². The van der Waals surface area contributed by atoms with E-state index in [1.54, 1.807) is 4.68 Å². The molecule has 2 aromatic heterocycles.